The molecule has 1 aromatic carbocycles. The minimum absolute atomic E-state index is 0.0627. The average Bonchev–Trinajstić information content (AvgIpc) is 2.37. The van der Waals surface area contributed by atoms with Crippen molar-refractivity contribution in [2.45, 2.75) is 13.8 Å². The van der Waals surface area contributed by atoms with Gasteiger partial charge in [-0.25, -0.2) is 14.8 Å². The van der Waals surface area contributed by atoms with Gasteiger partial charge in [0.2, 0.25) is 0 Å². The molecule has 0 saturated carbocycles. The Bertz CT molecular complexity index is 639. The molecule has 5 heteroatoms. The fourth-order valence-electron chi connectivity index (χ4n) is 2.08. The Kier molecular flexibility index (Phi) is 3.46. The van der Waals surface area contributed by atoms with Crippen molar-refractivity contribution in [2.75, 3.05) is 7.11 Å². The van der Waals surface area contributed by atoms with Crippen molar-refractivity contribution >= 4 is 5.97 Å². The molecule has 0 saturated heterocycles. The van der Waals surface area contributed by atoms with E-state index in [9.17, 15) is 9.90 Å². The summed E-state index contributed by atoms with van der Waals surface area (Å²) >= 11 is 0. The quantitative estimate of drug-likeness (QED) is 0.915. The number of aromatic carboxylic acids is 1. The molecule has 0 aliphatic rings. The molecule has 1 heterocycles. The maximum Gasteiger partial charge on any atom is 0.339 e. The van der Waals surface area contributed by atoms with Gasteiger partial charge in [0.1, 0.15) is 17.6 Å². The van der Waals surface area contributed by atoms with Crippen molar-refractivity contribution in [3.05, 3.63) is 41.3 Å². The zero-order valence-corrected chi connectivity index (χ0v) is 11.0. The molecule has 0 atom stereocenters. The third kappa shape index (κ3) is 2.40. The van der Waals surface area contributed by atoms with Gasteiger partial charge in [0, 0.05) is 11.8 Å². The van der Waals surface area contributed by atoms with Gasteiger partial charge in [0.25, 0.3) is 0 Å². The molecule has 98 valence electrons. The molecule has 19 heavy (non-hydrogen) atoms. The van der Waals surface area contributed by atoms with Gasteiger partial charge in [-0.2, -0.15) is 0 Å². The number of aryl methyl sites for hydroxylation is 2. The number of rotatable bonds is 3. The summed E-state index contributed by atoms with van der Waals surface area (Å²) in [5.74, 6) is -0.448. The fourth-order valence-corrected chi connectivity index (χ4v) is 2.08. The summed E-state index contributed by atoms with van der Waals surface area (Å²) in [6.45, 7) is 3.86. The van der Waals surface area contributed by atoms with E-state index in [1.165, 1.54) is 12.5 Å². The number of carboxylic acids is 1. The molecular formula is C14H14N2O3. The Morgan fingerprint density at radius 1 is 1.32 bits per heavy atom. The molecule has 0 spiro atoms. The van der Waals surface area contributed by atoms with E-state index in [0.717, 1.165) is 11.1 Å². The van der Waals surface area contributed by atoms with E-state index in [0.29, 0.717) is 17.0 Å². The normalized spacial score (nSPS) is 10.3. The van der Waals surface area contributed by atoms with Crippen LogP contribution in [0.2, 0.25) is 0 Å². The lowest BCUT2D eigenvalue weighted by molar-refractivity contribution is 0.0697. The Morgan fingerprint density at radius 3 is 2.68 bits per heavy atom. The van der Waals surface area contributed by atoms with E-state index in [2.05, 4.69) is 9.97 Å². The Balaban J connectivity index is 2.75. The Hall–Kier alpha value is -2.43. The van der Waals surface area contributed by atoms with E-state index in [1.54, 1.807) is 7.11 Å². The van der Waals surface area contributed by atoms with Crippen molar-refractivity contribution in [3.8, 4) is 17.0 Å². The number of hydrogen-bond acceptors (Lipinski definition) is 4. The average molecular weight is 258 g/mol. The van der Waals surface area contributed by atoms with Crippen molar-refractivity contribution in [3.63, 3.8) is 0 Å². The summed E-state index contributed by atoms with van der Waals surface area (Å²) < 4.78 is 5.34. The molecule has 0 unspecified atom stereocenters. The van der Waals surface area contributed by atoms with Crippen LogP contribution in [0, 0.1) is 13.8 Å². The summed E-state index contributed by atoms with van der Waals surface area (Å²) in [6.07, 6.45) is 2.63. The second-order valence-electron chi connectivity index (χ2n) is 4.25. The van der Waals surface area contributed by atoms with Crippen LogP contribution in [-0.2, 0) is 0 Å². The lowest BCUT2D eigenvalue weighted by atomic mass is 9.98. The van der Waals surface area contributed by atoms with Crippen molar-refractivity contribution in [1.29, 1.82) is 0 Å². The molecule has 1 aromatic heterocycles. The first-order valence-electron chi connectivity index (χ1n) is 5.73. The number of aromatic nitrogens is 2. The maximum absolute atomic E-state index is 11.3. The second kappa shape index (κ2) is 5.06. The summed E-state index contributed by atoms with van der Waals surface area (Å²) in [5, 5.41) is 9.22. The summed E-state index contributed by atoms with van der Waals surface area (Å²) in [7, 11) is 1.55. The van der Waals surface area contributed by atoms with Crippen molar-refractivity contribution in [1.82, 2.24) is 9.97 Å². The molecule has 2 aromatic rings. The zero-order valence-electron chi connectivity index (χ0n) is 11.0. The smallest absolute Gasteiger partial charge is 0.339 e. The Labute approximate surface area is 110 Å². The van der Waals surface area contributed by atoms with E-state index in [4.69, 9.17) is 4.74 Å². The topological polar surface area (TPSA) is 72.3 Å². The van der Waals surface area contributed by atoms with Crippen LogP contribution >= 0.6 is 0 Å². The van der Waals surface area contributed by atoms with E-state index < -0.39 is 5.97 Å². The highest BCUT2D eigenvalue weighted by atomic mass is 16.5. The largest absolute Gasteiger partial charge is 0.496 e. The van der Waals surface area contributed by atoms with Gasteiger partial charge in [0.15, 0.2) is 0 Å². The van der Waals surface area contributed by atoms with Crippen molar-refractivity contribution < 1.29 is 14.6 Å². The van der Waals surface area contributed by atoms with Crippen LogP contribution < -0.4 is 4.74 Å². The number of methoxy groups -OCH3 is 1. The lowest BCUT2D eigenvalue weighted by Crippen LogP contribution is -2.04. The van der Waals surface area contributed by atoms with Crippen molar-refractivity contribution in [2.24, 2.45) is 0 Å². The number of carbonyl (C=O) groups is 1. The van der Waals surface area contributed by atoms with Crippen LogP contribution in [0.4, 0.5) is 0 Å². The van der Waals surface area contributed by atoms with Gasteiger partial charge in [0.05, 0.1) is 12.8 Å². The molecule has 0 aliphatic heterocycles. The summed E-state index contributed by atoms with van der Waals surface area (Å²) in [4.78, 5) is 19.1. The van der Waals surface area contributed by atoms with Crippen LogP contribution in [0.25, 0.3) is 11.3 Å². The molecule has 0 radical (unpaired) electrons. The van der Waals surface area contributed by atoms with Crippen LogP contribution in [0.1, 0.15) is 21.5 Å². The molecule has 5 nitrogen and oxygen atoms in total. The number of carboxylic acid groups (broad SMARTS) is 1. The molecule has 0 amide bonds. The number of benzene rings is 1. The van der Waals surface area contributed by atoms with Crippen LogP contribution in [0.3, 0.4) is 0 Å². The van der Waals surface area contributed by atoms with Gasteiger partial charge < -0.3 is 9.84 Å². The van der Waals surface area contributed by atoms with Crippen LogP contribution in [0.15, 0.2) is 24.7 Å². The van der Waals surface area contributed by atoms with E-state index in [-0.39, 0.29) is 5.56 Å². The highest BCUT2D eigenvalue weighted by Crippen LogP contribution is 2.34. The summed E-state index contributed by atoms with van der Waals surface area (Å²) in [6, 6.07) is 3.82. The number of hydrogen-bond donors (Lipinski definition) is 1. The Morgan fingerprint density at radius 2 is 2.05 bits per heavy atom. The monoisotopic (exact) mass is 258 g/mol. The highest BCUT2D eigenvalue weighted by Gasteiger charge is 2.19. The molecule has 1 N–H and O–H groups in total. The SMILES string of the molecule is COc1cc(C)cc(C)c1-c1ncncc1C(=O)O. The molecular weight excluding hydrogens is 244 g/mol. The molecule has 0 aliphatic carbocycles. The van der Waals surface area contributed by atoms with Gasteiger partial charge in [-0.3, -0.25) is 0 Å². The first-order chi connectivity index (χ1) is 9.04. The van der Waals surface area contributed by atoms with Crippen LogP contribution in [0.5, 0.6) is 5.75 Å². The maximum atomic E-state index is 11.3. The third-order valence-corrected chi connectivity index (χ3v) is 2.84. The zero-order chi connectivity index (χ0) is 14.0. The molecule has 2 rings (SSSR count). The summed E-state index contributed by atoms with van der Waals surface area (Å²) in [5.41, 5.74) is 3.08. The predicted molar refractivity (Wildman–Crippen MR) is 70.5 cm³/mol. The fraction of sp³-hybridized carbons (Fsp3) is 0.214. The lowest BCUT2D eigenvalue weighted by Gasteiger charge is -2.13. The molecule has 0 fully saturated rings. The minimum atomic E-state index is -1.06. The third-order valence-electron chi connectivity index (χ3n) is 2.84. The van der Waals surface area contributed by atoms with Gasteiger partial charge in [-0.15, -0.1) is 0 Å². The molecule has 0 bridgehead atoms. The number of nitrogens with zero attached hydrogens (tertiary/aromatic N) is 2. The second-order valence-corrected chi connectivity index (χ2v) is 4.25. The standard InChI is InChI=1S/C14H14N2O3/c1-8-4-9(2)12(11(5-8)19-3)13-10(14(17)18)6-15-7-16-13/h4-7H,1-3H3,(H,17,18). The van der Waals surface area contributed by atoms with Gasteiger partial charge >= 0.3 is 5.97 Å². The highest BCUT2D eigenvalue weighted by molar-refractivity contribution is 5.95. The van der Waals surface area contributed by atoms with E-state index in [1.807, 2.05) is 26.0 Å². The van der Waals surface area contributed by atoms with Gasteiger partial charge in [-0.1, -0.05) is 6.07 Å². The van der Waals surface area contributed by atoms with Crippen LogP contribution in [-0.4, -0.2) is 28.2 Å². The minimum Gasteiger partial charge on any atom is -0.496 e. The predicted octanol–water partition coefficient (Wildman–Crippen LogP) is 2.47. The first kappa shape index (κ1) is 13.0. The van der Waals surface area contributed by atoms with Gasteiger partial charge in [-0.05, 0) is 31.0 Å². The first-order valence-corrected chi connectivity index (χ1v) is 5.73. The number of ether oxygens (including phenoxy) is 1. The van der Waals surface area contributed by atoms with E-state index >= 15 is 0 Å².